The average molecular weight is 289 g/mol. The summed E-state index contributed by atoms with van der Waals surface area (Å²) in [5.74, 6) is 0.909. The highest BCUT2D eigenvalue weighted by Crippen LogP contribution is 2.21. The summed E-state index contributed by atoms with van der Waals surface area (Å²) >= 11 is 0. The van der Waals surface area contributed by atoms with Gasteiger partial charge in [0, 0.05) is 17.7 Å². The Morgan fingerprint density at radius 2 is 2.33 bits per heavy atom. The summed E-state index contributed by atoms with van der Waals surface area (Å²) < 4.78 is 5.35. The molecule has 21 heavy (non-hydrogen) atoms. The van der Waals surface area contributed by atoms with E-state index in [0.29, 0.717) is 12.1 Å². The van der Waals surface area contributed by atoms with E-state index in [1.54, 1.807) is 18.7 Å². The van der Waals surface area contributed by atoms with Crippen LogP contribution in [0.25, 0.3) is 0 Å². The zero-order valence-corrected chi connectivity index (χ0v) is 12.4. The van der Waals surface area contributed by atoms with Crippen LogP contribution in [0.15, 0.2) is 35.0 Å². The second-order valence-corrected chi connectivity index (χ2v) is 5.19. The van der Waals surface area contributed by atoms with Gasteiger partial charge in [-0.15, -0.1) is 0 Å². The van der Waals surface area contributed by atoms with Crippen LogP contribution in [0.4, 0.5) is 0 Å². The number of amidine groups is 1. The SMILES string of the molecule is COc1ccc(/C(N)=N/O)cc1CNCCC1=CCCC1. The Kier molecular flexibility index (Phi) is 5.63. The molecule has 0 saturated carbocycles. The molecule has 0 radical (unpaired) electrons. The zero-order chi connectivity index (χ0) is 15.1. The van der Waals surface area contributed by atoms with Gasteiger partial charge < -0.3 is 21.0 Å². The number of rotatable bonds is 7. The van der Waals surface area contributed by atoms with Gasteiger partial charge in [0.25, 0.3) is 0 Å². The largest absolute Gasteiger partial charge is 0.496 e. The second-order valence-electron chi connectivity index (χ2n) is 5.19. The monoisotopic (exact) mass is 289 g/mol. The molecule has 4 N–H and O–H groups in total. The Morgan fingerprint density at radius 1 is 1.48 bits per heavy atom. The van der Waals surface area contributed by atoms with Gasteiger partial charge in [0.2, 0.25) is 0 Å². The van der Waals surface area contributed by atoms with Crippen LogP contribution in [0.2, 0.25) is 0 Å². The van der Waals surface area contributed by atoms with E-state index in [2.05, 4.69) is 16.5 Å². The molecule has 0 aromatic heterocycles. The lowest BCUT2D eigenvalue weighted by Crippen LogP contribution is -2.17. The van der Waals surface area contributed by atoms with E-state index in [4.69, 9.17) is 15.7 Å². The highest BCUT2D eigenvalue weighted by atomic mass is 16.5. The van der Waals surface area contributed by atoms with Crippen LogP contribution in [0, 0.1) is 0 Å². The number of hydrogen-bond acceptors (Lipinski definition) is 4. The topological polar surface area (TPSA) is 79.9 Å². The van der Waals surface area contributed by atoms with Crippen molar-refractivity contribution in [1.29, 1.82) is 0 Å². The third kappa shape index (κ3) is 4.23. The summed E-state index contributed by atoms with van der Waals surface area (Å²) in [5.41, 5.74) is 8.87. The maximum Gasteiger partial charge on any atom is 0.170 e. The summed E-state index contributed by atoms with van der Waals surface area (Å²) in [6.07, 6.45) is 7.21. The first-order valence-corrected chi connectivity index (χ1v) is 7.28. The molecule has 5 nitrogen and oxygen atoms in total. The van der Waals surface area contributed by atoms with Gasteiger partial charge in [-0.1, -0.05) is 16.8 Å². The van der Waals surface area contributed by atoms with Crippen LogP contribution in [0.5, 0.6) is 5.75 Å². The van der Waals surface area contributed by atoms with Crippen molar-refractivity contribution < 1.29 is 9.94 Å². The fraction of sp³-hybridized carbons (Fsp3) is 0.438. The molecule has 1 aliphatic carbocycles. The molecule has 0 unspecified atom stereocenters. The summed E-state index contributed by atoms with van der Waals surface area (Å²) in [6, 6.07) is 5.50. The van der Waals surface area contributed by atoms with Crippen LogP contribution in [0.3, 0.4) is 0 Å². The molecule has 1 aromatic rings. The van der Waals surface area contributed by atoms with Gasteiger partial charge in [-0.25, -0.2) is 0 Å². The van der Waals surface area contributed by atoms with Crippen molar-refractivity contribution in [2.24, 2.45) is 10.9 Å². The van der Waals surface area contributed by atoms with Crippen molar-refractivity contribution in [2.45, 2.75) is 32.2 Å². The quantitative estimate of drug-likeness (QED) is 0.180. The average Bonchev–Trinajstić information content (AvgIpc) is 3.04. The smallest absolute Gasteiger partial charge is 0.170 e. The number of methoxy groups -OCH3 is 1. The lowest BCUT2D eigenvalue weighted by atomic mass is 10.1. The van der Waals surface area contributed by atoms with Gasteiger partial charge in [-0.2, -0.15) is 0 Å². The Bertz CT molecular complexity index is 538. The Hall–Kier alpha value is -2.01. The minimum Gasteiger partial charge on any atom is -0.496 e. The van der Waals surface area contributed by atoms with Gasteiger partial charge >= 0.3 is 0 Å². The number of ether oxygens (including phenoxy) is 1. The summed E-state index contributed by atoms with van der Waals surface area (Å²) in [5, 5.41) is 15.2. The van der Waals surface area contributed by atoms with Gasteiger partial charge in [0.05, 0.1) is 7.11 Å². The molecular weight excluding hydrogens is 266 g/mol. The van der Waals surface area contributed by atoms with E-state index in [1.165, 1.54) is 19.3 Å². The summed E-state index contributed by atoms with van der Waals surface area (Å²) in [7, 11) is 1.64. The highest BCUT2D eigenvalue weighted by molar-refractivity contribution is 5.97. The fourth-order valence-electron chi connectivity index (χ4n) is 2.57. The van der Waals surface area contributed by atoms with Crippen molar-refractivity contribution in [3.8, 4) is 5.75 Å². The van der Waals surface area contributed by atoms with Crippen LogP contribution < -0.4 is 15.8 Å². The molecule has 114 valence electrons. The molecule has 5 heteroatoms. The number of allylic oxidation sites excluding steroid dienone is 1. The number of nitrogens with two attached hydrogens (primary N) is 1. The van der Waals surface area contributed by atoms with E-state index >= 15 is 0 Å². The Morgan fingerprint density at radius 3 is 3.00 bits per heavy atom. The molecule has 0 spiro atoms. The van der Waals surface area contributed by atoms with Crippen molar-refractivity contribution in [1.82, 2.24) is 5.32 Å². The van der Waals surface area contributed by atoms with E-state index in [1.807, 2.05) is 12.1 Å². The maximum absolute atomic E-state index is 8.75. The third-order valence-corrected chi connectivity index (χ3v) is 3.76. The zero-order valence-electron chi connectivity index (χ0n) is 12.4. The molecule has 0 fully saturated rings. The maximum atomic E-state index is 8.75. The number of hydrogen-bond donors (Lipinski definition) is 3. The molecule has 1 aliphatic rings. The Balaban J connectivity index is 1.93. The highest BCUT2D eigenvalue weighted by Gasteiger charge is 2.08. The molecule has 0 aliphatic heterocycles. The van der Waals surface area contributed by atoms with Crippen LogP contribution in [0.1, 0.15) is 36.8 Å². The van der Waals surface area contributed by atoms with Gasteiger partial charge in [0.1, 0.15) is 5.75 Å². The molecule has 0 atom stereocenters. The molecule has 0 amide bonds. The first-order chi connectivity index (χ1) is 10.2. The molecule has 1 aromatic carbocycles. The van der Waals surface area contributed by atoms with E-state index in [9.17, 15) is 0 Å². The molecule has 0 heterocycles. The van der Waals surface area contributed by atoms with Crippen molar-refractivity contribution in [2.75, 3.05) is 13.7 Å². The van der Waals surface area contributed by atoms with Crippen molar-refractivity contribution in [3.05, 3.63) is 41.0 Å². The van der Waals surface area contributed by atoms with Gasteiger partial charge in [-0.3, -0.25) is 0 Å². The number of nitrogens with one attached hydrogen (secondary N) is 1. The van der Waals surface area contributed by atoms with Crippen molar-refractivity contribution >= 4 is 5.84 Å². The third-order valence-electron chi connectivity index (χ3n) is 3.76. The first kappa shape index (κ1) is 15.4. The van der Waals surface area contributed by atoms with Crippen LogP contribution >= 0.6 is 0 Å². The predicted molar refractivity (Wildman–Crippen MR) is 83.8 cm³/mol. The molecule has 0 saturated heterocycles. The fourth-order valence-corrected chi connectivity index (χ4v) is 2.57. The van der Waals surface area contributed by atoms with E-state index in [0.717, 1.165) is 24.3 Å². The normalized spacial score (nSPS) is 15.1. The molecular formula is C16H23N3O2. The molecule has 0 bridgehead atoms. The Labute approximate surface area is 125 Å². The van der Waals surface area contributed by atoms with E-state index < -0.39 is 0 Å². The summed E-state index contributed by atoms with van der Waals surface area (Å²) in [4.78, 5) is 0. The number of oxime groups is 1. The van der Waals surface area contributed by atoms with Crippen molar-refractivity contribution in [3.63, 3.8) is 0 Å². The standard InChI is InChI=1S/C16H23N3O2/c1-21-15-7-6-13(16(17)19-20)10-14(15)11-18-9-8-12-4-2-3-5-12/h4,6-7,10,18,20H,2-3,5,8-9,11H2,1H3,(H2,17,19). The van der Waals surface area contributed by atoms with Gasteiger partial charge in [0.15, 0.2) is 5.84 Å². The number of benzene rings is 1. The van der Waals surface area contributed by atoms with Crippen LogP contribution in [-0.2, 0) is 6.54 Å². The predicted octanol–water partition coefficient (Wildman–Crippen LogP) is 2.38. The summed E-state index contributed by atoms with van der Waals surface area (Å²) in [6.45, 7) is 1.64. The second kappa shape index (κ2) is 7.69. The van der Waals surface area contributed by atoms with E-state index in [-0.39, 0.29) is 5.84 Å². The molecule has 2 rings (SSSR count). The lowest BCUT2D eigenvalue weighted by Gasteiger charge is -2.11. The lowest BCUT2D eigenvalue weighted by molar-refractivity contribution is 0.318. The number of nitrogens with zero attached hydrogens (tertiary/aromatic N) is 1. The minimum atomic E-state index is 0.106. The van der Waals surface area contributed by atoms with Crippen LogP contribution in [-0.4, -0.2) is 24.7 Å². The van der Waals surface area contributed by atoms with Gasteiger partial charge in [-0.05, 0) is 50.4 Å². The first-order valence-electron chi connectivity index (χ1n) is 7.28. The minimum absolute atomic E-state index is 0.106.